The van der Waals surface area contributed by atoms with E-state index in [-0.39, 0.29) is 0 Å². The van der Waals surface area contributed by atoms with E-state index >= 15 is 0 Å². The molecule has 0 aromatic heterocycles. The van der Waals surface area contributed by atoms with Crippen LogP contribution < -0.4 is 10.1 Å². The molecule has 0 spiro atoms. The molecule has 0 unspecified atom stereocenters. The Kier molecular flexibility index (Phi) is 4.85. The molecular weight excluding hydrogens is 270 g/mol. The van der Waals surface area contributed by atoms with E-state index in [1.807, 2.05) is 12.1 Å². The van der Waals surface area contributed by atoms with Gasteiger partial charge in [-0.25, -0.2) is 0 Å². The van der Waals surface area contributed by atoms with Crippen LogP contribution >= 0.6 is 11.6 Å². The van der Waals surface area contributed by atoms with Crippen LogP contribution in [0.3, 0.4) is 0 Å². The lowest BCUT2D eigenvalue weighted by Crippen LogP contribution is -2.16. The summed E-state index contributed by atoms with van der Waals surface area (Å²) in [7, 11) is 0. The van der Waals surface area contributed by atoms with Crippen molar-refractivity contribution in [3.8, 4) is 5.75 Å². The molecule has 0 radical (unpaired) electrons. The van der Waals surface area contributed by atoms with E-state index in [9.17, 15) is 0 Å². The van der Waals surface area contributed by atoms with Crippen LogP contribution in [-0.2, 0) is 6.54 Å². The van der Waals surface area contributed by atoms with Gasteiger partial charge >= 0.3 is 0 Å². The fourth-order valence-corrected chi connectivity index (χ4v) is 3.09. The van der Waals surface area contributed by atoms with Crippen LogP contribution in [0.4, 0.5) is 0 Å². The van der Waals surface area contributed by atoms with Gasteiger partial charge in [-0.1, -0.05) is 30.5 Å². The summed E-state index contributed by atoms with van der Waals surface area (Å²) in [5, 5.41) is 4.26. The second-order valence-corrected chi connectivity index (χ2v) is 6.56. The summed E-state index contributed by atoms with van der Waals surface area (Å²) >= 11 is 6.37. The summed E-state index contributed by atoms with van der Waals surface area (Å²) in [5.74, 6) is 0.855. The number of benzene rings is 1. The fourth-order valence-electron chi connectivity index (χ4n) is 2.84. The Bertz CT molecular complexity index is 437. The maximum Gasteiger partial charge on any atom is 0.138 e. The standard InChI is InChI=1S/C17H24ClNO/c18-16-11-13(12-19-14-8-9-14)7-10-17(16)20-15-5-3-1-2-4-6-15/h7,10-11,14-15,19H,1-6,8-9,12H2. The Morgan fingerprint density at radius 3 is 2.45 bits per heavy atom. The lowest BCUT2D eigenvalue weighted by molar-refractivity contribution is 0.184. The molecule has 1 N–H and O–H groups in total. The maximum absolute atomic E-state index is 6.37. The molecule has 2 saturated carbocycles. The minimum Gasteiger partial charge on any atom is -0.489 e. The van der Waals surface area contributed by atoms with Gasteiger partial charge in [-0.3, -0.25) is 0 Å². The van der Waals surface area contributed by atoms with E-state index in [0.717, 1.165) is 23.4 Å². The monoisotopic (exact) mass is 293 g/mol. The van der Waals surface area contributed by atoms with Crippen molar-refractivity contribution >= 4 is 11.6 Å². The third kappa shape index (κ3) is 4.13. The lowest BCUT2D eigenvalue weighted by Gasteiger charge is -2.18. The minimum atomic E-state index is 0.352. The van der Waals surface area contributed by atoms with Gasteiger partial charge in [0.2, 0.25) is 0 Å². The van der Waals surface area contributed by atoms with E-state index in [1.54, 1.807) is 0 Å². The molecule has 3 rings (SSSR count). The first-order valence-electron chi connectivity index (χ1n) is 8.00. The molecule has 0 bridgehead atoms. The van der Waals surface area contributed by atoms with Crippen molar-refractivity contribution in [1.29, 1.82) is 0 Å². The first-order chi connectivity index (χ1) is 9.81. The second-order valence-electron chi connectivity index (χ2n) is 6.15. The van der Waals surface area contributed by atoms with E-state index in [2.05, 4.69) is 11.4 Å². The van der Waals surface area contributed by atoms with Crippen molar-refractivity contribution < 1.29 is 4.74 Å². The second kappa shape index (κ2) is 6.82. The molecule has 2 aliphatic rings. The van der Waals surface area contributed by atoms with Gasteiger partial charge in [-0.15, -0.1) is 0 Å². The average Bonchev–Trinajstić information content (AvgIpc) is 3.26. The summed E-state index contributed by atoms with van der Waals surface area (Å²) in [6, 6.07) is 6.95. The van der Waals surface area contributed by atoms with Crippen molar-refractivity contribution in [2.75, 3.05) is 0 Å². The van der Waals surface area contributed by atoms with Gasteiger partial charge in [0.1, 0.15) is 5.75 Å². The Hall–Kier alpha value is -0.730. The molecule has 110 valence electrons. The molecule has 0 heterocycles. The van der Waals surface area contributed by atoms with Crippen LogP contribution in [-0.4, -0.2) is 12.1 Å². The zero-order valence-corrected chi connectivity index (χ0v) is 12.8. The molecule has 20 heavy (non-hydrogen) atoms. The molecule has 1 aromatic carbocycles. The summed E-state index contributed by atoms with van der Waals surface area (Å²) < 4.78 is 6.11. The van der Waals surface area contributed by atoms with Crippen LogP contribution in [0.5, 0.6) is 5.75 Å². The summed E-state index contributed by atoms with van der Waals surface area (Å²) in [6.45, 7) is 0.911. The van der Waals surface area contributed by atoms with Crippen molar-refractivity contribution in [3.63, 3.8) is 0 Å². The first kappa shape index (κ1) is 14.2. The molecular formula is C17H24ClNO. The molecule has 2 aliphatic carbocycles. The van der Waals surface area contributed by atoms with E-state index in [4.69, 9.17) is 16.3 Å². The van der Waals surface area contributed by atoms with Gasteiger partial charge in [0, 0.05) is 12.6 Å². The van der Waals surface area contributed by atoms with Crippen molar-refractivity contribution in [2.24, 2.45) is 0 Å². The van der Waals surface area contributed by atoms with Crippen LogP contribution in [0, 0.1) is 0 Å². The van der Waals surface area contributed by atoms with Crippen LogP contribution in [0.15, 0.2) is 18.2 Å². The van der Waals surface area contributed by atoms with E-state index < -0.39 is 0 Å². The van der Waals surface area contributed by atoms with Crippen LogP contribution in [0.1, 0.15) is 56.9 Å². The number of hydrogen-bond acceptors (Lipinski definition) is 2. The zero-order chi connectivity index (χ0) is 13.8. The van der Waals surface area contributed by atoms with Gasteiger partial charge in [0.25, 0.3) is 0 Å². The van der Waals surface area contributed by atoms with Gasteiger partial charge in [-0.05, 0) is 56.2 Å². The van der Waals surface area contributed by atoms with Gasteiger partial charge < -0.3 is 10.1 Å². The summed E-state index contributed by atoms with van der Waals surface area (Å²) in [6.07, 6.45) is 10.6. The van der Waals surface area contributed by atoms with Gasteiger partial charge in [0.05, 0.1) is 11.1 Å². The third-order valence-corrected chi connectivity index (χ3v) is 4.56. The van der Waals surface area contributed by atoms with Crippen molar-refractivity contribution in [2.45, 2.75) is 70.1 Å². The Morgan fingerprint density at radius 2 is 1.80 bits per heavy atom. The lowest BCUT2D eigenvalue weighted by atomic mass is 10.1. The summed E-state index contributed by atoms with van der Waals surface area (Å²) in [4.78, 5) is 0. The van der Waals surface area contributed by atoms with Crippen molar-refractivity contribution in [1.82, 2.24) is 5.32 Å². The largest absolute Gasteiger partial charge is 0.489 e. The molecule has 0 atom stereocenters. The molecule has 1 aromatic rings. The highest BCUT2D eigenvalue weighted by molar-refractivity contribution is 6.32. The number of ether oxygens (including phenoxy) is 1. The summed E-state index contributed by atoms with van der Waals surface area (Å²) in [5.41, 5.74) is 1.25. The molecule has 0 amide bonds. The molecule has 0 aliphatic heterocycles. The molecule has 0 saturated heterocycles. The number of hydrogen-bond donors (Lipinski definition) is 1. The van der Waals surface area contributed by atoms with E-state index in [1.165, 1.54) is 56.9 Å². The molecule has 3 heteroatoms. The maximum atomic E-state index is 6.37. The highest BCUT2D eigenvalue weighted by Crippen LogP contribution is 2.30. The minimum absolute atomic E-state index is 0.352. The topological polar surface area (TPSA) is 21.3 Å². The van der Waals surface area contributed by atoms with Gasteiger partial charge in [-0.2, -0.15) is 0 Å². The predicted molar refractivity (Wildman–Crippen MR) is 83.4 cm³/mol. The Balaban J connectivity index is 1.57. The highest BCUT2D eigenvalue weighted by atomic mass is 35.5. The molecule has 2 fully saturated rings. The SMILES string of the molecule is Clc1cc(CNC2CC2)ccc1OC1CCCCCC1. The fraction of sp³-hybridized carbons (Fsp3) is 0.647. The average molecular weight is 294 g/mol. The first-order valence-corrected chi connectivity index (χ1v) is 8.37. The Labute approximate surface area is 126 Å². The Morgan fingerprint density at radius 1 is 1.05 bits per heavy atom. The third-order valence-electron chi connectivity index (χ3n) is 4.26. The van der Waals surface area contributed by atoms with Crippen LogP contribution in [0.2, 0.25) is 5.02 Å². The van der Waals surface area contributed by atoms with Gasteiger partial charge in [0.15, 0.2) is 0 Å². The quantitative estimate of drug-likeness (QED) is 0.795. The normalized spacial score (nSPS) is 20.6. The van der Waals surface area contributed by atoms with Crippen molar-refractivity contribution in [3.05, 3.63) is 28.8 Å². The van der Waals surface area contributed by atoms with Crippen LogP contribution in [0.25, 0.3) is 0 Å². The van der Waals surface area contributed by atoms with E-state index in [0.29, 0.717) is 6.10 Å². The number of rotatable bonds is 5. The zero-order valence-electron chi connectivity index (χ0n) is 12.0. The predicted octanol–water partition coefficient (Wildman–Crippen LogP) is 4.69. The highest BCUT2D eigenvalue weighted by Gasteiger charge is 2.20. The molecule has 2 nitrogen and oxygen atoms in total. The number of halogens is 1. The smallest absolute Gasteiger partial charge is 0.138 e. The number of nitrogens with one attached hydrogen (secondary N) is 1.